The van der Waals surface area contributed by atoms with Gasteiger partial charge in [-0.05, 0) is 0 Å². The third kappa shape index (κ3) is 2.58. The molecule has 2 heteroatoms. The second-order valence-electron chi connectivity index (χ2n) is 9.85. The van der Waals surface area contributed by atoms with Crippen LogP contribution in [0.1, 0.15) is 38.5 Å². The minimum atomic E-state index is -2.02. The normalized spacial score (nSPS) is 37.5. The third-order valence-electron chi connectivity index (χ3n) is 8.11. The van der Waals surface area contributed by atoms with E-state index in [0.717, 1.165) is 20.3 Å². The molecule has 0 aromatic heterocycles. The van der Waals surface area contributed by atoms with E-state index in [0.29, 0.717) is 0 Å². The molecule has 4 atom stereocenters. The number of hydrogen-bond donors (Lipinski definition) is 0. The fraction of sp³-hybridized carbons (Fsp3) is 0.636. The van der Waals surface area contributed by atoms with E-state index in [1.165, 1.54) is 38.5 Å². The fourth-order valence-corrected chi connectivity index (χ4v) is 27.2. The van der Waals surface area contributed by atoms with Gasteiger partial charge in [0, 0.05) is 0 Å². The zero-order valence-electron chi connectivity index (χ0n) is 16.0. The molecule has 0 N–H and O–H groups in total. The van der Waals surface area contributed by atoms with Gasteiger partial charge in [-0.1, -0.05) is 0 Å². The van der Waals surface area contributed by atoms with Gasteiger partial charge in [0.2, 0.25) is 0 Å². The van der Waals surface area contributed by atoms with Crippen molar-refractivity contribution in [1.82, 2.24) is 0 Å². The zero-order valence-corrected chi connectivity index (χ0v) is 18.6. The van der Waals surface area contributed by atoms with Gasteiger partial charge in [0.15, 0.2) is 0 Å². The standard InChI is InChI=1S/2C9H11.C3H9Si.CH3.Ti/c2*1-2-5-9-7-3-6-8(9)4-1;1-4(2)3;;/h2*1-2,4,6,9H,3,5,7H2;1-3H3;1H3;. The molecule has 0 radical (unpaired) electrons. The van der Waals surface area contributed by atoms with Crippen LogP contribution in [0.15, 0.2) is 47.6 Å². The first-order valence-electron chi connectivity index (χ1n) is 10.2. The summed E-state index contributed by atoms with van der Waals surface area (Å²) in [6, 6.07) is 0. The summed E-state index contributed by atoms with van der Waals surface area (Å²) >= 11 is -2.02. The van der Waals surface area contributed by atoms with E-state index < -0.39 is 21.8 Å². The van der Waals surface area contributed by atoms with Crippen molar-refractivity contribution in [2.75, 3.05) is 0 Å². The van der Waals surface area contributed by atoms with Crippen LogP contribution in [-0.4, -0.2) is 5.94 Å². The van der Waals surface area contributed by atoms with E-state index in [2.05, 4.69) is 61.3 Å². The van der Waals surface area contributed by atoms with Gasteiger partial charge in [-0.15, -0.1) is 0 Å². The van der Waals surface area contributed by atoms with Gasteiger partial charge in [0.25, 0.3) is 0 Å². The van der Waals surface area contributed by atoms with Crippen molar-refractivity contribution in [2.45, 2.75) is 71.8 Å². The minimum absolute atomic E-state index is 0.902. The molecule has 0 spiro atoms. The Balaban J connectivity index is 1.77. The maximum atomic E-state index is 2.89. The SMILES string of the molecule is C[Si](C)(C)[Ti]([CH3])([CH]1CCC2CC=CC=C21)[CH]1CCC2CC=CC=C21. The van der Waals surface area contributed by atoms with Gasteiger partial charge in [0.1, 0.15) is 0 Å². The van der Waals surface area contributed by atoms with Crippen LogP contribution in [0.25, 0.3) is 0 Å². The Labute approximate surface area is 152 Å². The molecule has 0 amide bonds. The van der Waals surface area contributed by atoms with Crippen LogP contribution in [-0.2, 0) is 15.8 Å². The molecule has 2 saturated carbocycles. The molecule has 0 aliphatic heterocycles. The molecule has 24 heavy (non-hydrogen) atoms. The van der Waals surface area contributed by atoms with E-state index in [9.17, 15) is 0 Å². The monoisotopic (exact) mass is 374 g/mol. The average Bonchev–Trinajstić information content (AvgIpc) is 3.18. The summed E-state index contributed by atoms with van der Waals surface area (Å²) in [5.41, 5.74) is 3.80. The molecule has 4 aliphatic carbocycles. The molecular weight excluding hydrogens is 340 g/mol. The fourth-order valence-electron chi connectivity index (χ4n) is 6.41. The van der Waals surface area contributed by atoms with E-state index in [1.807, 2.05) is 11.1 Å². The molecule has 0 heterocycles. The second kappa shape index (κ2) is 6.25. The Bertz CT molecular complexity index is 585. The molecular formula is C22H34SiTi. The van der Waals surface area contributed by atoms with Crippen LogP contribution >= 0.6 is 0 Å². The second-order valence-corrected chi connectivity index (χ2v) is 32.0. The topological polar surface area (TPSA) is 0 Å². The van der Waals surface area contributed by atoms with Crippen molar-refractivity contribution in [3.63, 3.8) is 0 Å². The molecule has 4 rings (SSSR count). The van der Waals surface area contributed by atoms with Crippen molar-refractivity contribution >= 4 is 5.94 Å². The van der Waals surface area contributed by atoms with Crippen molar-refractivity contribution in [3.8, 4) is 0 Å². The van der Waals surface area contributed by atoms with E-state index in [-0.39, 0.29) is 0 Å². The van der Waals surface area contributed by atoms with Gasteiger partial charge in [-0.2, -0.15) is 0 Å². The third-order valence-corrected chi connectivity index (χ3v) is 35.8. The molecule has 0 bridgehead atoms. The van der Waals surface area contributed by atoms with Crippen LogP contribution in [0, 0.1) is 11.8 Å². The summed E-state index contributed by atoms with van der Waals surface area (Å²) in [7, 11) is 0. The molecule has 2 fully saturated rings. The summed E-state index contributed by atoms with van der Waals surface area (Å²) < 4.78 is 2.03. The summed E-state index contributed by atoms with van der Waals surface area (Å²) in [6.45, 7) is 8.18. The van der Waals surface area contributed by atoms with E-state index in [4.69, 9.17) is 0 Å². The average molecular weight is 374 g/mol. The van der Waals surface area contributed by atoms with Gasteiger partial charge < -0.3 is 0 Å². The van der Waals surface area contributed by atoms with E-state index in [1.54, 1.807) is 0 Å². The maximum absolute atomic E-state index is 2.89. The first-order chi connectivity index (χ1) is 11.4. The van der Waals surface area contributed by atoms with Crippen LogP contribution in [0.4, 0.5) is 0 Å². The van der Waals surface area contributed by atoms with Crippen LogP contribution in [0.5, 0.6) is 0 Å². The predicted octanol–water partition coefficient (Wildman–Crippen LogP) is 7.19. The number of rotatable bonds is 3. The molecule has 130 valence electrons. The van der Waals surface area contributed by atoms with Crippen molar-refractivity contribution in [3.05, 3.63) is 47.6 Å². The first-order valence-corrected chi connectivity index (χ1v) is 19.4. The molecule has 0 saturated heterocycles. The quantitative estimate of drug-likeness (QED) is 0.459. The van der Waals surface area contributed by atoms with Gasteiger partial charge in [-0.25, -0.2) is 0 Å². The zero-order chi connectivity index (χ0) is 16.9. The first kappa shape index (κ1) is 17.3. The van der Waals surface area contributed by atoms with E-state index >= 15 is 0 Å². The van der Waals surface area contributed by atoms with Crippen LogP contribution in [0.3, 0.4) is 0 Å². The number of allylic oxidation sites excluding steroid dienone is 8. The van der Waals surface area contributed by atoms with Crippen molar-refractivity contribution < 1.29 is 15.8 Å². The van der Waals surface area contributed by atoms with Gasteiger partial charge in [0.05, 0.1) is 0 Å². The Kier molecular flexibility index (Phi) is 4.51. The Morgan fingerprint density at radius 3 is 1.67 bits per heavy atom. The summed E-state index contributed by atoms with van der Waals surface area (Å²) in [4.78, 5) is 0. The van der Waals surface area contributed by atoms with Crippen molar-refractivity contribution in [1.29, 1.82) is 0 Å². The molecule has 4 aliphatic rings. The number of hydrogen-bond acceptors (Lipinski definition) is 0. The van der Waals surface area contributed by atoms with Gasteiger partial charge in [-0.3, -0.25) is 0 Å². The Hall–Kier alpha value is -0.109. The summed E-state index contributed by atoms with van der Waals surface area (Å²) in [5, 5.41) is 2.89. The summed E-state index contributed by atoms with van der Waals surface area (Å²) in [5.74, 6) is 0.667. The summed E-state index contributed by atoms with van der Waals surface area (Å²) in [6.07, 6.45) is 23.3. The molecule has 0 aromatic rings. The Morgan fingerprint density at radius 1 is 0.792 bits per heavy atom. The molecule has 0 aromatic carbocycles. The van der Waals surface area contributed by atoms with Crippen LogP contribution < -0.4 is 0 Å². The van der Waals surface area contributed by atoms with Crippen LogP contribution in [0.2, 0.25) is 33.3 Å². The predicted molar refractivity (Wildman–Crippen MR) is 106 cm³/mol. The van der Waals surface area contributed by atoms with Gasteiger partial charge >= 0.3 is 153 Å². The molecule has 4 unspecified atom stereocenters. The molecule has 0 nitrogen and oxygen atoms in total. The Morgan fingerprint density at radius 2 is 1.25 bits per heavy atom. The number of fused-ring (bicyclic) bond motifs is 2. The van der Waals surface area contributed by atoms with Crippen molar-refractivity contribution in [2.24, 2.45) is 11.8 Å².